The maximum absolute atomic E-state index is 13.3. The molecule has 0 unspecified atom stereocenters. The molecule has 0 aliphatic carbocycles. The Labute approximate surface area is 101 Å². The van der Waals surface area contributed by atoms with E-state index in [1.54, 1.807) is 11.3 Å². The number of hydrogen-bond acceptors (Lipinski definition) is 4. The number of anilines is 1. The van der Waals surface area contributed by atoms with Crippen LogP contribution in [0, 0.1) is 15.9 Å². The van der Waals surface area contributed by atoms with Crippen LogP contribution < -0.4 is 5.32 Å². The van der Waals surface area contributed by atoms with Gasteiger partial charge < -0.3 is 5.32 Å². The van der Waals surface area contributed by atoms with Gasteiger partial charge in [0.1, 0.15) is 5.69 Å². The van der Waals surface area contributed by atoms with Crippen LogP contribution >= 0.6 is 11.3 Å². The number of nitro groups is 1. The summed E-state index contributed by atoms with van der Waals surface area (Å²) in [5, 5.41) is 17.4. The Morgan fingerprint density at radius 2 is 2.24 bits per heavy atom. The van der Waals surface area contributed by atoms with E-state index in [0.29, 0.717) is 6.54 Å². The Bertz CT molecular complexity index is 528. The van der Waals surface area contributed by atoms with Crippen LogP contribution in [0.15, 0.2) is 35.0 Å². The van der Waals surface area contributed by atoms with E-state index in [0.717, 1.165) is 11.6 Å². The van der Waals surface area contributed by atoms with Gasteiger partial charge in [-0.25, -0.2) is 0 Å². The highest BCUT2D eigenvalue weighted by Gasteiger charge is 2.19. The molecule has 0 fully saturated rings. The number of nitrogens with one attached hydrogen (secondary N) is 1. The van der Waals surface area contributed by atoms with Crippen molar-refractivity contribution < 1.29 is 9.31 Å². The molecule has 0 amide bonds. The second-order valence-electron chi connectivity index (χ2n) is 3.38. The molecule has 0 saturated carbocycles. The zero-order valence-corrected chi connectivity index (χ0v) is 9.54. The molecular formula is C11H9FN2O2S. The smallest absolute Gasteiger partial charge is 0.327 e. The quantitative estimate of drug-likeness (QED) is 0.670. The third-order valence-electron chi connectivity index (χ3n) is 2.23. The number of benzene rings is 1. The number of para-hydroxylation sites is 1. The van der Waals surface area contributed by atoms with E-state index in [2.05, 4.69) is 5.32 Å². The van der Waals surface area contributed by atoms with E-state index >= 15 is 0 Å². The summed E-state index contributed by atoms with van der Waals surface area (Å²) in [5.74, 6) is -0.828. The van der Waals surface area contributed by atoms with Gasteiger partial charge in [-0.15, -0.1) is 0 Å². The van der Waals surface area contributed by atoms with Crippen LogP contribution in [0.25, 0.3) is 0 Å². The third-order valence-corrected chi connectivity index (χ3v) is 2.96. The molecule has 4 nitrogen and oxygen atoms in total. The largest absolute Gasteiger partial charge is 0.375 e. The maximum atomic E-state index is 13.3. The molecule has 1 aromatic heterocycles. The average molecular weight is 252 g/mol. The van der Waals surface area contributed by atoms with E-state index in [9.17, 15) is 14.5 Å². The number of nitro benzene ring substituents is 1. The maximum Gasteiger partial charge on any atom is 0.327 e. The fourth-order valence-electron chi connectivity index (χ4n) is 1.43. The van der Waals surface area contributed by atoms with Crippen LogP contribution in [0.4, 0.5) is 15.8 Å². The molecule has 88 valence electrons. The van der Waals surface area contributed by atoms with E-state index < -0.39 is 16.4 Å². The standard InChI is InChI=1S/C11H9FN2O2S/c12-9-2-1-3-10(11(9)14(15)16)13-6-8-4-5-17-7-8/h1-5,7,13H,6H2. The average Bonchev–Trinajstić information content (AvgIpc) is 2.78. The van der Waals surface area contributed by atoms with Crippen LogP contribution in [0.5, 0.6) is 0 Å². The van der Waals surface area contributed by atoms with Crippen LogP contribution in [0.3, 0.4) is 0 Å². The predicted molar refractivity (Wildman–Crippen MR) is 64.7 cm³/mol. The van der Waals surface area contributed by atoms with E-state index in [1.807, 2.05) is 16.8 Å². The van der Waals surface area contributed by atoms with Crippen molar-refractivity contribution in [2.24, 2.45) is 0 Å². The minimum absolute atomic E-state index is 0.196. The molecule has 17 heavy (non-hydrogen) atoms. The molecule has 0 aliphatic rings. The summed E-state index contributed by atoms with van der Waals surface area (Å²) in [4.78, 5) is 10.0. The number of nitrogens with zero attached hydrogens (tertiary/aromatic N) is 1. The van der Waals surface area contributed by atoms with Crippen molar-refractivity contribution in [1.82, 2.24) is 0 Å². The number of rotatable bonds is 4. The zero-order chi connectivity index (χ0) is 12.3. The molecule has 0 radical (unpaired) electrons. The second kappa shape index (κ2) is 4.92. The minimum atomic E-state index is -0.828. The minimum Gasteiger partial charge on any atom is -0.375 e. The van der Waals surface area contributed by atoms with Crippen molar-refractivity contribution in [3.63, 3.8) is 0 Å². The van der Waals surface area contributed by atoms with Gasteiger partial charge in [-0.05, 0) is 34.5 Å². The van der Waals surface area contributed by atoms with Crippen molar-refractivity contribution >= 4 is 22.7 Å². The fourth-order valence-corrected chi connectivity index (χ4v) is 2.10. The lowest BCUT2D eigenvalue weighted by atomic mass is 10.2. The fraction of sp³-hybridized carbons (Fsp3) is 0.0909. The van der Waals surface area contributed by atoms with Gasteiger partial charge in [-0.1, -0.05) is 6.07 Å². The first kappa shape index (κ1) is 11.5. The van der Waals surface area contributed by atoms with Gasteiger partial charge >= 0.3 is 5.69 Å². The molecular weight excluding hydrogens is 243 g/mol. The summed E-state index contributed by atoms with van der Waals surface area (Å²) < 4.78 is 13.3. The van der Waals surface area contributed by atoms with Crippen molar-refractivity contribution in [1.29, 1.82) is 0 Å². The van der Waals surface area contributed by atoms with Gasteiger partial charge in [0.2, 0.25) is 5.82 Å². The topological polar surface area (TPSA) is 55.2 Å². The van der Waals surface area contributed by atoms with Crippen LogP contribution in [-0.4, -0.2) is 4.92 Å². The Hall–Kier alpha value is -1.95. The summed E-state index contributed by atoms with van der Waals surface area (Å²) in [6.45, 7) is 0.438. The van der Waals surface area contributed by atoms with Gasteiger partial charge in [0, 0.05) is 6.54 Å². The Kier molecular flexibility index (Phi) is 3.34. The molecule has 2 aromatic rings. The van der Waals surface area contributed by atoms with Crippen molar-refractivity contribution in [3.8, 4) is 0 Å². The second-order valence-corrected chi connectivity index (χ2v) is 4.16. The first-order valence-electron chi connectivity index (χ1n) is 4.86. The SMILES string of the molecule is O=[N+]([O-])c1c(F)cccc1NCc1ccsc1. The molecule has 0 atom stereocenters. The molecule has 0 bridgehead atoms. The molecule has 1 N–H and O–H groups in total. The van der Waals surface area contributed by atoms with E-state index in [4.69, 9.17) is 0 Å². The first-order valence-corrected chi connectivity index (χ1v) is 5.80. The molecule has 0 aliphatic heterocycles. The lowest BCUT2D eigenvalue weighted by Crippen LogP contribution is -2.03. The van der Waals surface area contributed by atoms with Crippen molar-refractivity contribution in [3.05, 3.63) is 56.5 Å². The van der Waals surface area contributed by atoms with Crippen molar-refractivity contribution in [2.75, 3.05) is 5.32 Å². The van der Waals surface area contributed by atoms with Crippen LogP contribution in [0.1, 0.15) is 5.56 Å². The lowest BCUT2D eigenvalue weighted by molar-refractivity contribution is -0.386. The van der Waals surface area contributed by atoms with Gasteiger partial charge in [-0.2, -0.15) is 15.7 Å². The van der Waals surface area contributed by atoms with Gasteiger partial charge in [-0.3, -0.25) is 10.1 Å². The molecule has 6 heteroatoms. The van der Waals surface area contributed by atoms with E-state index in [-0.39, 0.29) is 5.69 Å². The first-order chi connectivity index (χ1) is 8.18. The molecule has 2 rings (SSSR count). The van der Waals surface area contributed by atoms with Gasteiger partial charge in [0.15, 0.2) is 0 Å². The zero-order valence-electron chi connectivity index (χ0n) is 8.72. The Morgan fingerprint density at radius 3 is 2.88 bits per heavy atom. The Morgan fingerprint density at radius 1 is 1.41 bits per heavy atom. The number of hydrogen-bond donors (Lipinski definition) is 1. The lowest BCUT2D eigenvalue weighted by Gasteiger charge is -2.06. The van der Waals surface area contributed by atoms with Gasteiger partial charge in [0.05, 0.1) is 4.92 Å². The molecule has 0 spiro atoms. The van der Waals surface area contributed by atoms with Crippen LogP contribution in [-0.2, 0) is 6.54 Å². The summed E-state index contributed by atoms with van der Waals surface area (Å²) in [6.07, 6.45) is 0. The summed E-state index contributed by atoms with van der Waals surface area (Å²) in [5.41, 5.74) is 0.692. The normalized spacial score (nSPS) is 10.2. The highest BCUT2D eigenvalue weighted by molar-refractivity contribution is 7.07. The van der Waals surface area contributed by atoms with Gasteiger partial charge in [0.25, 0.3) is 0 Å². The molecule has 0 saturated heterocycles. The molecule has 1 aromatic carbocycles. The van der Waals surface area contributed by atoms with Crippen molar-refractivity contribution in [2.45, 2.75) is 6.54 Å². The number of halogens is 1. The summed E-state index contributed by atoms with van der Waals surface area (Å²) >= 11 is 1.54. The summed E-state index contributed by atoms with van der Waals surface area (Å²) in [6, 6.07) is 5.92. The molecule has 1 heterocycles. The monoisotopic (exact) mass is 252 g/mol. The van der Waals surface area contributed by atoms with E-state index in [1.165, 1.54) is 12.1 Å². The Balaban J connectivity index is 2.21. The predicted octanol–water partition coefficient (Wildman–Crippen LogP) is 3.41. The third kappa shape index (κ3) is 2.59. The summed E-state index contributed by atoms with van der Waals surface area (Å²) in [7, 11) is 0. The van der Waals surface area contributed by atoms with Crippen LogP contribution in [0.2, 0.25) is 0 Å². The number of thiophene rings is 1. The highest BCUT2D eigenvalue weighted by atomic mass is 32.1. The highest BCUT2D eigenvalue weighted by Crippen LogP contribution is 2.27.